The van der Waals surface area contributed by atoms with Crippen LogP contribution in [0.2, 0.25) is 0 Å². The summed E-state index contributed by atoms with van der Waals surface area (Å²) in [6.07, 6.45) is 3.67. The van der Waals surface area contributed by atoms with Crippen LogP contribution >= 0.6 is 24.0 Å². The van der Waals surface area contributed by atoms with E-state index in [9.17, 15) is 0 Å². The van der Waals surface area contributed by atoms with E-state index in [1.165, 1.54) is 25.9 Å². The lowest BCUT2D eigenvalue weighted by molar-refractivity contribution is 0.336. The molecule has 0 spiro atoms. The fourth-order valence-electron chi connectivity index (χ4n) is 2.59. The van der Waals surface area contributed by atoms with E-state index in [0.29, 0.717) is 11.7 Å². The monoisotopic (exact) mass is 434 g/mol. The van der Waals surface area contributed by atoms with Gasteiger partial charge in [-0.1, -0.05) is 0 Å². The summed E-state index contributed by atoms with van der Waals surface area (Å²) in [5.41, 5.74) is 6.70. The van der Waals surface area contributed by atoms with Crippen LogP contribution in [0.4, 0.5) is 5.69 Å². The highest BCUT2D eigenvalue weighted by molar-refractivity contribution is 14.0. The molecule has 0 saturated carbocycles. The lowest BCUT2D eigenvalue weighted by Crippen LogP contribution is -2.24. The summed E-state index contributed by atoms with van der Waals surface area (Å²) in [5, 5.41) is 3.07. The van der Waals surface area contributed by atoms with Crippen molar-refractivity contribution >= 4 is 35.6 Å². The van der Waals surface area contributed by atoms with Gasteiger partial charge < -0.3 is 25.4 Å². The van der Waals surface area contributed by atoms with Gasteiger partial charge in [0.2, 0.25) is 0 Å². The molecule has 0 atom stereocenters. The molecule has 1 aliphatic rings. The number of halogens is 1. The van der Waals surface area contributed by atoms with Crippen molar-refractivity contribution in [2.24, 2.45) is 10.7 Å². The first-order valence-corrected chi connectivity index (χ1v) is 7.74. The van der Waals surface area contributed by atoms with Gasteiger partial charge >= 0.3 is 0 Å². The Hall–Kier alpha value is -1.22. The van der Waals surface area contributed by atoms with Gasteiger partial charge in [0.25, 0.3) is 0 Å². The second-order valence-electron chi connectivity index (χ2n) is 5.36. The van der Waals surface area contributed by atoms with E-state index in [2.05, 4.69) is 15.2 Å². The SMILES string of the molecule is COc1ccc(OC)c(NC(N)=NCCCN2CCCC2)c1.I. The smallest absolute Gasteiger partial charge is 0.193 e. The van der Waals surface area contributed by atoms with E-state index in [4.69, 9.17) is 15.2 Å². The molecule has 0 aromatic heterocycles. The van der Waals surface area contributed by atoms with Gasteiger partial charge in [0.05, 0.1) is 19.9 Å². The molecule has 1 heterocycles. The number of anilines is 1. The van der Waals surface area contributed by atoms with Crippen molar-refractivity contribution < 1.29 is 9.47 Å². The average Bonchev–Trinajstić information content (AvgIpc) is 3.05. The number of nitrogens with zero attached hydrogens (tertiary/aromatic N) is 2. The third-order valence-corrected chi connectivity index (χ3v) is 3.78. The number of hydrogen-bond donors (Lipinski definition) is 2. The zero-order valence-electron chi connectivity index (χ0n) is 13.9. The minimum Gasteiger partial charge on any atom is -0.497 e. The molecule has 1 aromatic rings. The Balaban J connectivity index is 0.00000264. The van der Waals surface area contributed by atoms with Crippen LogP contribution in [0.1, 0.15) is 19.3 Å². The highest BCUT2D eigenvalue weighted by Crippen LogP contribution is 2.28. The van der Waals surface area contributed by atoms with Crippen LogP contribution in [0.3, 0.4) is 0 Å². The maximum absolute atomic E-state index is 5.94. The highest BCUT2D eigenvalue weighted by atomic mass is 127. The number of ether oxygens (including phenoxy) is 2. The van der Waals surface area contributed by atoms with Gasteiger partial charge in [0, 0.05) is 12.6 Å². The van der Waals surface area contributed by atoms with E-state index in [0.717, 1.165) is 30.9 Å². The van der Waals surface area contributed by atoms with Crippen molar-refractivity contribution in [1.29, 1.82) is 0 Å². The van der Waals surface area contributed by atoms with Gasteiger partial charge in [0.1, 0.15) is 11.5 Å². The molecule has 23 heavy (non-hydrogen) atoms. The Morgan fingerprint density at radius 3 is 2.65 bits per heavy atom. The quantitative estimate of drug-likeness (QED) is 0.299. The molecular formula is C16H27IN4O2. The number of nitrogens with two attached hydrogens (primary N) is 1. The van der Waals surface area contributed by atoms with E-state index in [1.807, 2.05) is 18.2 Å². The summed E-state index contributed by atoms with van der Waals surface area (Å²) in [5.74, 6) is 1.84. The van der Waals surface area contributed by atoms with Crippen LogP contribution in [-0.4, -0.2) is 51.3 Å². The molecular weight excluding hydrogens is 407 g/mol. The van der Waals surface area contributed by atoms with E-state index >= 15 is 0 Å². The van der Waals surface area contributed by atoms with Crippen molar-refractivity contribution in [3.05, 3.63) is 18.2 Å². The Morgan fingerprint density at radius 1 is 1.26 bits per heavy atom. The fourth-order valence-corrected chi connectivity index (χ4v) is 2.59. The molecule has 1 aromatic carbocycles. The van der Waals surface area contributed by atoms with Crippen LogP contribution in [0, 0.1) is 0 Å². The molecule has 6 nitrogen and oxygen atoms in total. The number of likely N-dealkylation sites (tertiary alicyclic amines) is 1. The second-order valence-corrected chi connectivity index (χ2v) is 5.36. The van der Waals surface area contributed by atoms with Gasteiger partial charge in [-0.2, -0.15) is 0 Å². The van der Waals surface area contributed by atoms with Crippen LogP contribution in [0.25, 0.3) is 0 Å². The van der Waals surface area contributed by atoms with Gasteiger partial charge in [-0.25, -0.2) is 0 Å². The zero-order valence-corrected chi connectivity index (χ0v) is 16.2. The van der Waals surface area contributed by atoms with Crippen molar-refractivity contribution in [3.8, 4) is 11.5 Å². The molecule has 2 rings (SSSR count). The largest absolute Gasteiger partial charge is 0.497 e. The topological polar surface area (TPSA) is 72.1 Å². The molecule has 0 unspecified atom stereocenters. The molecule has 0 radical (unpaired) electrons. The molecule has 130 valence electrons. The van der Waals surface area contributed by atoms with Gasteiger partial charge in [-0.05, 0) is 51.0 Å². The number of methoxy groups -OCH3 is 2. The fraction of sp³-hybridized carbons (Fsp3) is 0.562. The second kappa shape index (κ2) is 10.5. The van der Waals surface area contributed by atoms with Gasteiger partial charge in [-0.3, -0.25) is 4.99 Å². The normalized spacial score (nSPS) is 15.1. The van der Waals surface area contributed by atoms with Crippen molar-refractivity contribution in [1.82, 2.24) is 4.90 Å². The predicted molar refractivity (Wildman–Crippen MR) is 105 cm³/mol. The summed E-state index contributed by atoms with van der Waals surface area (Å²) in [6, 6.07) is 5.51. The number of aliphatic imine (C=N–C) groups is 1. The first-order chi connectivity index (χ1) is 10.7. The maximum atomic E-state index is 5.94. The first kappa shape index (κ1) is 19.8. The molecule has 1 fully saturated rings. The number of benzene rings is 1. The number of nitrogens with one attached hydrogen (secondary N) is 1. The Bertz CT molecular complexity index is 505. The summed E-state index contributed by atoms with van der Waals surface area (Å²) >= 11 is 0. The maximum Gasteiger partial charge on any atom is 0.193 e. The van der Waals surface area contributed by atoms with E-state index < -0.39 is 0 Å². The minimum absolute atomic E-state index is 0. The van der Waals surface area contributed by atoms with Crippen molar-refractivity contribution in [2.75, 3.05) is 45.7 Å². The number of hydrogen-bond acceptors (Lipinski definition) is 4. The standard InChI is InChI=1S/C16H26N4O2.HI/c1-21-13-6-7-15(22-2)14(12-13)19-16(17)18-8-5-11-20-9-3-4-10-20;/h6-7,12H,3-5,8-11H2,1-2H3,(H3,17,18,19);1H. The Labute approximate surface area is 155 Å². The van der Waals surface area contributed by atoms with Crippen LogP contribution in [-0.2, 0) is 0 Å². The average molecular weight is 434 g/mol. The van der Waals surface area contributed by atoms with Crippen molar-refractivity contribution in [3.63, 3.8) is 0 Å². The molecule has 0 aliphatic carbocycles. The third-order valence-electron chi connectivity index (χ3n) is 3.78. The van der Waals surface area contributed by atoms with Crippen LogP contribution in [0.5, 0.6) is 11.5 Å². The molecule has 3 N–H and O–H groups in total. The molecule has 0 amide bonds. The van der Waals surface area contributed by atoms with Gasteiger partial charge in [-0.15, -0.1) is 24.0 Å². The summed E-state index contributed by atoms with van der Waals surface area (Å²) in [7, 11) is 3.25. The zero-order chi connectivity index (χ0) is 15.8. The summed E-state index contributed by atoms with van der Waals surface area (Å²) in [6.45, 7) is 4.26. The van der Waals surface area contributed by atoms with E-state index in [-0.39, 0.29) is 24.0 Å². The first-order valence-electron chi connectivity index (χ1n) is 7.74. The Kier molecular flexibility index (Phi) is 9.08. The summed E-state index contributed by atoms with van der Waals surface area (Å²) in [4.78, 5) is 6.85. The lowest BCUT2D eigenvalue weighted by atomic mass is 10.2. The van der Waals surface area contributed by atoms with Crippen LogP contribution < -0.4 is 20.5 Å². The predicted octanol–water partition coefficient (Wildman–Crippen LogP) is 2.53. The molecule has 7 heteroatoms. The number of guanidine groups is 1. The third kappa shape index (κ3) is 6.42. The highest BCUT2D eigenvalue weighted by Gasteiger charge is 2.10. The number of rotatable bonds is 7. The van der Waals surface area contributed by atoms with Crippen molar-refractivity contribution in [2.45, 2.75) is 19.3 Å². The Morgan fingerprint density at radius 2 is 2.00 bits per heavy atom. The molecule has 1 saturated heterocycles. The lowest BCUT2D eigenvalue weighted by Gasteiger charge is -2.14. The molecule has 1 aliphatic heterocycles. The van der Waals surface area contributed by atoms with Crippen LogP contribution in [0.15, 0.2) is 23.2 Å². The van der Waals surface area contributed by atoms with Gasteiger partial charge in [0.15, 0.2) is 5.96 Å². The molecule has 0 bridgehead atoms. The minimum atomic E-state index is 0. The van der Waals surface area contributed by atoms with E-state index in [1.54, 1.807) is 14.2 Å². The summed E-state index contributed by atoms with van der Waals surface area (Å²) < 4.78 is 10.5.